The molecule has 0 aromatic carbocycles. The van der Waals surface area contributed by atoms with Gasteiger partial charge in [-0.05, 0) is 31.4 Å². The number of hydrogen-bond donors (Lipinski definition) is 1. The molecule has 1 aromatic rings. The number of nitrogens with one attached hydrogen (secondary N) is 1. The lowest BCUT2D eigenvalue weighted by molar-refractivity contribution is 0.108. The van der Waals surface area contributed by atoms with Crippen LogP contribution in [0.15, 0.2) is 18.3 Å². The van der Waals surface area contributed by atoms with Gasteiger partial charge in [0.2, 0.25) is 0 Å². The van der Waals surface area contributed by atoms with E-state index in [-0.39, 0.29) is 0 Å². The fourth-order valence-electron chi connectivity index (χ4n) is 2.10. The Hall–Kier alpha value is -1.60. The molecule has 0 saturated heterocycles. The molecule has 0 radical (unpaired) electrons. The molecule has 1 heterocycles. The predicted octanol–water partition coefficient (Wildman–Crippen LogP) is 1.93. The Balaban J connectivity index is 1.97. The van der Waals surface area contributed by atoms with Crippen LogP contribution in [0.25, 0.3) is 0 Å². The van der Waals surface area contributed by atoms with Crippen LogP contribution in [0.2, 0.25) is 0 Å². The largest absolute Gasteiger partial charge is 0.382 e. The van der Waals surface area contributed by atoms with Gasteiger partial charge in [-0.2, -0.15) is 5.26 Å². The summed E-state index contributed by atoms with van der Waals surface area (Å²) >= 11 is 0. The van der Waals surface area contributed by atoms with Gasteiger partial charge in [0.05, 0.1) is 6.10 Å². The van der Waals surface area contributed by atoms with Crippen LogP contribution in [0.1, 0.15) is 25.0 Å². The number of ether oxygens (including phenoxy) is 1. The standard InChI is InChI=1S/C12H15N3O/c1-16-12-3-2-9(7-12)15-10-4-5-14-11(6-10)8-13/h4-6,9,12H,2-3,7H2,1H3,(H,14,15). The lowest BCUT2D eigenvalue weighted by atomic mass is 10.2. The monoisotopic (exact) mass is 217 g/mol. The number of nitriles is 1. The van der Waals surface area contributed by atoms with Crippen LogP contribution in [-0.4, -0.2) is 24.2 Å². The van der Waals surface area contributed by atoms with Crippen molar-refractivity contribution >= 4 is 5.69 Å². The number of aromatic nitrogens is 1. The minimum Gasteiger partial charge on any atom is -0.382 e. The Morgan fingerprint density at radius 3 is 3.12 bits per heavy atom. The molecular formula is C12H15N3O. The third kappa shape index (κ3) is 2.50. The first-order valence-electron chi connectivity index (χ1n) is 5.47. The highest BCUT2D eigenvalue weighted by molar-refractivity contribution is 5.46. The Bertz CT molecular complexity index is 399. The molecule has 2 unspecified atom stereocenters. The molecule has 4 heteroatoms. The Morgan fingerprint density at radius 2 is 2.44 bits per heavy atom. The highest BCUT2D eigenvalue weighted by Crippen LogP contribution is 2.24. The molecule has 16 heavy (non-hydrogen) atoms. The molecular weight excluding hydrogens is 202 g/mol. The van der Waals surface area contributed by atoms with Crippen LogP contribution >= 0.6 is 0 Å². The van der Waals surface area contributed by atoms with Gasteiger partial charge in [0.25, 0.3) is 0 Å². The Kier molecular flexibility index (Phi) is 3.37. The number of methoxy groups -OCH3 is 1. The minimum atomic E-state index is 0.370. The summed E-state index contributed by atoms with van der Waals surface area (Å²) in [6.07, 6.45) is 5.27. The third-order valence-electron chi connectivity index (χ3n) is 2.96. The summed E-state index contributed by atoms with van der Waals surface area (Å²) in [5, 5.41) is 12.2. The first-order chi connectivity index (χ1) is 7.81. The van der Waals surface area contributed by atoms with E-state index in [0.29, 0.717) is 17.8 Å². The topological polar surface area (TPSA) is 57.9 Å². The highest BCUT2D eigenvalue weighted by Gasteiger charge is 2.24. The Labute approximate surface area is 95.3 Å². The van der Waals surface area contributed by atoms with Crippen molar-refractivity contribution in [2.24, 2.45) is 0 Å². The van der Waals surface area contributed by atoms with Gasteiger partial charge < -0.3 is 10.1 Å². The molecule has 4 nitrogen and oxygen atoms in total. The third-order valence-corrected chi connectivity index (χ3v) is 2.96. The van der Waals surface area contributed by atoms with Crippen LogP contribution in [0.3, 0.4) is 0 Å². The average molecular weight is 217 g/mol. The van der Waals surface area contributed by atoms with Gasteiger partial charge in [-0.1, -0.05) is 0 Å². The van der Waals surface area contributed by atoms with E-state index in [4.69, 9.17) is 10.00 Å². The van der Waals surface area contributed by atoms with Crippen LogP contribution in [0.4, 0.5) is 5.69 Å². The maximum atomic E-state index is 8.74. The molecule has 0 bridgehead atoms. The summed E-state index contributed by atoms with van der Waals surface area (Å²) in [5.74, 6) is 0. The second-order valence-electron chi connectivity index (χ2n) is 4.05. The van der Waals surface area contributed by atoms with Crippen molar-refractivity contribution in [3.8, 4) is 6.07 Å². The van der Waals surface area contributed by atoms with E-state index >= 15 is 0 Å². The molecule has 1 fully saturated rings. The summed E-state index contributed by atoms with van der Waals surface area (Å²) in [6, 6.07) is 6.15. The number of nitrogens with zero attached hydrogens (tertiary/aromatic N) is 2. The normalized spacial score (nSPS) is 24.0. The van der Waals surface area contributed by atoms with E-state index < -0.39 is 0 Å². The Morgan fingerprint density at radius 1 is 1.56 bits per heavy atom. The van der Waals surface area contributed by atoms with Crippen molar-refractivity contribution < 1.29 is 4.74 Å². The summed E-state index contributed by atoms with van der Waals surface area (Å²) in [5.41, 5.74) is 1.42. The summed E-state index contributed by atoms with van der Waals surface area (Å²) in [4.78, 5) is 3.94. The number of rotatable bonds is 3. The van der Waals surface area contributed by atoms with Crippen molar-refractivity contribution in [1.29, 1.82) is 5.26 Å². The minimum absolute atomic E-state index is 0.370. The fourth-order valence-corrected chi connectivity index (χ4v) is 2.10. The molecule has 1 saturated carbocycles. The molecule has 0 aliphatic heterocycles. The lowest BCUT2D eigenvalue weighted by Gasteiger charge is -2.14. The van der Waals surface area contributed by atoms with Crippen molar-refractivity contribution in [2.75, 3.05) is 12.4 Å². The van der Waals surface area contributed by atoms with Gasteiger partial charge in [0.1, 0.15) is 11.8 Å². The maximum absolute atomic E-state index is 8.74. The van der Waals surface area contributed by atoms with E-state index in [1.807, 2.05) is 12.1 Å². The first kappa shape index (κ1) is 10.9. The van der Waals surface area contributed by atoms with E-state index in [1.54, 1.807) is 19.4 Å². The molecule has 1 aromatic heterocycles. The number of anilines is 1. The molecule has 2 rings (SSSR count). The van der Waals surface area contributed by atoms with E-state index in [1.165, 1.54) is 0 Å². The number of pyridine rings is 1. The van der Waals surface area contributed by atoms with Crippen LogP contribution < -0.4 is 5.32 Å². The average Bonchev–Trinajstić information content (AvgIpc) is 2.77. The number of hydrogen-bond acceptors (Lipinski definition) is 4. The molecule has 0 spiro atoms. The van der Waals surface area contributed by atoms with Gasteiger partial charge in [-0.3, -0.25) is 0 Å². The zero-order valence-electron chi connectivity index (χ0n) is 9.31. The zero-order valence-corrected chi connectivity index (χ0v) is 9.31. The molecule has 1 aliphatic rings. The molecule has 84 valence electrons. The predicted molar refractivity (Wildman–Crippen MR) is 61.0 cm³/mol. The summed E-state index contributed by atoms with van der Waals surface area (Å²) < 4.78 is 5.32. The van der Waals surface area contributed by atoms with E-state index in [0.717, 1.165) is 24.9 Å². The van der Waals surface area contributed by atoms with Gasteiger partial charge in [-0.25, -0.2) is 4.98 Å². The van der Waals surface area contributed by atoms with Gasteiger partial charge in [0, 0.05) is 25.0 Å². The lowest BCUT2D eigenvalue weighted by Crippen LogP contribution is -2.17. The smallest absolute Gasteiger partial charge is 0.142 e. The summed E-state index contributed by atoms with van der Waals surface area (Å²) in [6.45, 7) is 0. The molecule has 1 N–H and O–H groups in total. The van der Waals surface area contributed by atoms with E-state index in [9.17, 15) is 0 Å². The van der Waals surface area contributed by atoms with Crippen LogP contribution in [0.5, 0.6) is 0 Å². The highest BCUT2D eigenvalue weighted by atomic mass is 16.5. The van der Waals surface area contributed by atoms with Crippen LogP contribution in [-0.2, 0) is 4.74 Å². The SMILES string of the molecule is COC1CCC(Nc2ccnc(C#N)c2)C1. The fraction of sp³-hybridized carbons (Fsp3) is 0.500. The quantitative estimate of drug-likeness (QED) is 0.840. The van der Waals surface area contributed by atoms with E-state index in [2.05, 4.69) is 10.3 Å². The van der Waals surface area contributed by atoms with Gasteiger partial charge in [-0.15, -0.1) is 0 Å². The second-order valence-corrected chi connectivity index (χ2v) is 4.05. The molecule has 1 aliphatic carbocycles. The first-order valence-corrected chi connectivity index (χ1v) is 5.47. The van der Waals surface area contributed by atoms with Crippen molar-refractivity contribution in [3.63, 3.8) is 0 Å². The van der Waals surface area contributed by atoms with Gasteiger partial charge >= 0.3 is 0 Å². The van der Waals surface area contributed by atoms with Crippen LogP contribution in [0, 0.1) is 11.3 Å². The molecule has 0 amide bonds. The van der Waals surface area contributed by atoms with Crippen molar-refractivity contribution in [1.82, 2.24) is 4.98 Å². The summed E-state index contributed by atoms with van der Waals surface area (Å²) in [7, 11) is 1.76. The van der Waals surface area contributed by atoms with Gasteiger partial charge in [0.15, 0.2) is 0 Å². The zero-order chi connectivity index (χ0) is 11.4. The maximum Gasteiger partial charge on any atom is 0.142 e. The van der Waals surface area contributed by atoms with Crippen molar-refractivity contribution in [2.45, 2.75) is 31.4 Å². The second kappa shape index (κ2) is 4.95. The molecule has 2 atom stereocenters. The van der Waals surface area contributed by atoms with Crippen molar-refractivity contribution in [3.05, 3.63) is 24.0 Å².